The summed E-state index contributed by atoms with van der Waals surface area (Å²) in [6.45, 7) is 8.52. The molecule has 0 spiro atoms. The van der Waals surface area contributed by atoms with Gasteiger partial charge in [0.1, 0.15) is 0 Å². The Morgan fingerprint density at radius 2 is 1.93 bits per heavy atom. The van der Waals surface area contributed by atoms with Crippen LogP contribution in [0.15, 0.2) is 34.2 Å². The van der Waals surface area contributed by atoms with Crippen LogP contribution in [-0.4, -0.2) is 63.2 Å². The van der Waals surface area contributed by atoms with Crippen molar-refractivity contribution in [3.05, 3.63) is 34.6 Å². The fraction of sp³-hybridized carbons (Fsp3) is 0.550. The molecule has 1 aliphatic heterocycles. The van der Waals surface area contributed by atoms with Crippen LogP contribution >= 0.6 is 11.8 Å². The number of carbonyl (C=O) groups is 1. The van der Waals surface area contributed by atoms with Gasteiger partial charge >= 0.3 is 0 Å². The van der Waals surface area contributed by atoms with Gasteiger partial charge in [0.25, 0.3) is 5.56 Å². The molecule has 0 N–H and O–H groups in total. The summed E-state index contributed by atoms with van der Waals surface area (Å²) in [4.78, 5) is 34.9. The molecule has 1 aliphatic carbocycles. The second-order valence-corrected chi connectivity index (χ2v) is 8.65. The molecule has 0 radical (unpaired) electrons. The molecular formula is C20H26N4O2S. The molecule has 1 saturated carbocycles. The minimum absolute atomic E-state index is 0.0156. The van der Waals surface area contributed by atoms with Crippen LogP contribution in [0.1, 0.15) is 32.7 Å². The van der Waals surface area contributed by atoms with Gasteiger partial charge in [-0.25, -0.2) is 4.98 Å². The maximum atomic E-state index is 13.0. The van der Waals surface area contributed by atoms with E-state index in [0.29, 0.717) is 16.1 Å². The number of thioether (sulfide) groups is 1. The van der Waals surface area contributed by atoms with E-state index in [-0.39, 0.29) is 22.8 Å². The first-order chi connectivity index (χ1) is 13.1. The molecule has 1 aromatic heterocycles. The van der Waals surface area contributed by atoms with Gasteiger partial charge < -0.3 is 9.80 Å². The van der Waals surface area contributed by atoms with E-state index >= 15 is 0 Å². The summed E-state index contributed by atoms with van der Waals surface area (Å²) in [6, 6.07) is 7.70. The average molecular weight is 387 g/mol. The maximum absolute atomic E-state index is 13.0. The number of nitrogens with zero attached hydrogens (tertiary/aromatic N) is 4. The number of likely N-dealkylation sites (N-methyl/N-ethyl adjacent to an activating group) is 1. The zero-order valence-corrected chi connectivity index (χ0v) is 16.7. The first kappa shape index (κ1) is 18.5. The normalized spacial score (nSPS) is 19.4. The van der Waals surface area contributed by atoms with Crippen molar-refractivity contribution in [3.63, 3.8) is 0 Å². The molecule has 2 aliphatic rings. The van der Waals surface area contributed by atoms with Gasteiger partial charge in [-0.1, -0.05) is 30.8 Å². The number of piperazine rings is 1. The Balaban J connectivity index is 1.56. The molecule has 1 atom stereocenters. The lowest BCUT2D eigenvalue weighted by Gasteiger charge is -2.35. The number of para-hydroxylation sites is 1. The molecular weight excluding hydrogens is 360 g/mol. The second-order valence-electron chi connectivity index (χ2n) is 7.34. The van der Waals surface area contributed by atoms with E-state index in [2.05, 4.69) is 11.8 Å². The van der Waals surface area contributed by atoms with Crippen LogP contribution in [-0.2, 0) is 4.79 Å². The van der Waals surface area contributed by atoms with Gasteiger partial charge in [-0.3, -0.25) is 14.2 Å². The number of aromatic nitrogens is 2. The monoisotopic (exact) mass is 386 g/mol. The number of amides is 1. The zero-order valence-electron chi connectivity index (χ0n) is 15.9. The minimum atomic E-state index is -0.253. The molecule has 2 heterocycles. The van der Waals surface area contributed by atoms with Crippen molar-refractivity contribution < 1.29 is 4.79 Å². The van der Waals surface area contributed by atoms with Gasteiger partial charge in [0, 0.05) is 32.2 Å². The van der Waals surface area contributed by atoms with Crippen LogP contribution in [0.4, 0.5) is 0 Å². The van der Waals surface area contributed by atoms with Gasteiger partial charge in [-0.2, -0.15) is 0 Å². The molecule has 0 unspecified atom stereocenters. The van der Waals surface area contributed by atoms with Gasteiger partial charge in [0.2, 0.25) is 5.91 Å². The standard InChI is InChI=1S/C20H26N4O2S/c1-3-22-10-12-23(13-11-22)18(25)14(2)27-20-21-17-7-5-4-6-16(17)19(26)24(20)15-8-9-15/h4-7,14-15H,3,8-13H2,1-2H3/t14-/m1/s1. The molecule has 7 heteroatoms. The first-order valence-electron chi connectivity index (χ1n) is 9.77. The Bertz CT molecular complexity index is 900. The van der Waals surface area contributed by atoms with E-state index in [1.54, 1.807) is 0 Å². The summed E-state index contributed by atoms with van der Waals surface area (Å²) in [5.74, 6) is 0.139. The van der Waals surface area contributed by atoms with Crippen molar-refractivity contribution in [3.8, 4) is 0 Å². The van der Waals surface area contributed by atoms with Crippen LogP contribution in [0.25, 0.3) is 10.9 Å². The van der Waals surface area contributed by atoms with E-state index in [1.165, 1.54) is 11.8 Å². The Kier molecular flexibility index (Phi) is 5.23. The lowest BCUT2D eigenvalue weighted by Crippen LogP contribution is -2.50. The van der Waals surface area contributed by atoms with Crippen molar-refractivity contribution in [2.75, 3.05) is 32.7 Å². The number of carbonyl (C=O) groups excluding carboxylic acids is 1. The molecule has 4 rings (SSSR count). The molecule has 0 bridgehead atoms. The lowest BCUT2D eigenvalue weighted by atomic mass is 10.2. The molecule has 6 nitrogen and oxygen atoms in total. The highest BCUT2D eigenvalue weighted by Gasteiger charge is 2.31. The molecule has 144 valence electrons. The summed E-state index contributed by atoms with van der Waals surface area (Å²) in [5.41, 5.74) is 0.722. The van der Waals surface area contributed by atoms with Crippen molar-refractivity contribution in [2.45, 2.75) is 43.1 Å². The highest BCUT2D eigenvalue weighted by atomic mass is 32.2. The van der Waals surface area contributed by atoms with Crippen LogP contribution in [0.5, 0.6) is 0 Å². The van der Waals surface area contributed by atoms with Gasteiger partial charge in [-0.15, -0.1) is 0 Å². The van der Waals surface area contributed by atoms with Crippen LogP contribution in [0.3, 0.4) is 0 Å². The minimum Gasteiger partial charge on any atom is -0.339 e. The quantitative estimate of drug-likeness (QED) is 0.583. The summed E-state index contributed by atoms with van der Waals surface area (Å²) < 4.78 is 1.81. The molecule has 27 heavy (non-hydrogen) atoms. The molecule has 2 aromatic rings. The van der Waals surface area contributed by atoms with Gasteiger partial charge in [0.15, 0.2) is 5.16 Å². The SMILES string of the molecule is CCN1CCN(C(=O)[C@@H](C)Sc2nc3ccccc3c(=O)n2C2CC2)CC1. The predicted molar refractivity (Wildman–Crippen MR) is 108 cm³/mol. The highest BCUT2D eigenvalue weighted by Crippen LogP contribution is 2.37. The molecule has 1 saturated heterocycles. The first-order valence-corrected chi connectivity index (χ1v) is 10.7. The van der Waals surface area contributed by atoms with Crippen LogP contribution < -0.4 is 5.56 Å². The summed E-state index contributed by atoms with van der Waals surface area (Å²) in [7, 11) is 0. The van der Waals surface area contributed by atoms with Crippen LogP contribution in [0.2, 0.25) is 0 Å². The van der Waals surface area contributed by atoms with E-state index in [0.717, 1.165) is 45.6 Å². The topological polar surface area (TPSA) is 58.4 Å². The second kappa shape index (κ2) is 7.64. The summed E-state index contributed by atoms with van der Waals surface area (Å²) in [5, 5.41) is 1.08. The average Bonchev–Trinajstić information content (AvgIpc) is 3.52. The number of hydrogen-bond acceptors (Lipinski definition) is 5. The van der Waals surface area contributed by atoms with Crippen molar-refractivity contribution in [1.82, 2.24) is 19.4 Å². The number of rotatable bonds is 5. The van der Waals surface area contributed by atoms with E-state index in [9.17, 15) is 9.59 Å². The molecule has 1 aromatic carbocycles. The maximum Gasteiger partial charge on any atom is 0.262 e. The number of fused-ring (bicyclic) bond motifs is 1. The summed E-state index contributed by atoms with van der Waals surface area (Å²) in [6.07, 6.45) is 2.02. The fourth-order valence-electron chi connectivity index (χ4n) is 3.61. The largest absolute Gasteiger partial charge is 0.339 e. The lowest BCUT2D eigenvalue weighted by molar-refractivity contribution is -0.132. The molecule has 2 fully saturated rings. The fourth-order valence-corrected chi connectivity index (χ4v) is 4.68. The van der Waals surface area contributed by atoms with Gasteiger partial charge in [-0.05, 0) is 38.4 Å². The summed E-state index contributed by atoms with van der Waals surface area (Å²) >= 11 is 1.42. The molecule has 1 amide bonds. The third-order valence-corrected chi connectivity index (χ3v) is 6.50. The Morgan fingerprint density at radius 3 is 2.59 bits per heavy atom. The Labute approximate surface area is 163 Å². The predicted octanol–water partition coefficient (Wildman–Crippen LogP) is 2.38. The van der Waals surface area contributed by atoms with Crippen molar-refractivity contribution in [2.24, 2.45) is 0 Å². The zero-order chi connectivity index (χ0) is 19.0. The van der Waals surface area contributed by atoms with Crippen LogP contribution in [0, 0.1) is 0 Å². The van der Waals surface area contributed by atoms with E-state index < -0.39 is 0 Å². The highest BCUT2D eigenvalue weighted by molar-refractivity contribution is 8.00. The van der Waals surface area contributed by atoms with E-state index in [4.69, 9.17) is 4.98 Å². The third-order valence-electron chi connectivity index (χ3n) is 5.45. The van der Waals surface area contributed by atoms with E-state index in [1.807, 2.05) is 40.7 Å². The number of hydrogen-bond donors (Lipinski definition) is 0. The Morgan fingerprint density at radius 1 is 1.22 bits per heavy atom. The third kappa shape index (κ3) is 3.75. The smallest absolute Gasteiger partial charge is 0.262 e. The number of benzene rings is 1. The van der Waals surface area contributed by atoms with Gasteiger partial charge in [0.05, 0.1) is 16.2 Å². The van der Waals surface area contributed by atoms with Crippen molar-refractivity contribution >= 4 is 28.6 Å². The van der Waals surface area contributed by atoms with Crippen molar-refractivity contribution in [1.29, 1.82) is 0 Å². The Hall–Kier alpha value is -1.86.